The van der Waals surface area contributed by atoms with Crippen LogP contribution in [0.2, 0.25) is 0 Å². The van der Waals surface area contributed by atoms with Gasteiger partial charge in [0.1, 0.15) is 5.82 Å². The SMILES string of the molecule is C=CCn1c(CCCN2C(=O)c3cccc4cccc(c34)C2=O)nnc1SC/C=C/c1ccccc1. The Kier molecular flexibility index (Phi) is 7.09. The highest BCUT2D eigenvalue weighted by Crippen LogP contribution is 2.30. The molecule has 1 aromatic heterocycles. The molecule has 0 saturated carbocycles. The van der Waals surface area contributed by atoms with Crippen LogP contribution in [0.1, 0.15) is 38.5 Å². The van der Waals surface area contributed by atoms with Crippen molar-refractivity contribution >= 4 is 40.4 Å². The van der Waals surface area contributed by atoms with Crippen molar-refractivity contribution in [1.29, 1.82) is 0 Å². The molecule has 0 saturated heterocycles. The van der Waals surface area contributed by atoms with Crippen LogP contribution in [0.4, 0.5) is 0 Å². The topological polar surface area (TPSA) is 68.1 Å². The zero-order chi connectivity index (χ0) is 24.9. The average Bonchev–Trinajstić information content (AvgIpc) is 3.29. The standard InChI is InChI=1S/C29H26N4O2S/c1-2-18-32-25(30-31-29(32)36-20-9-12-21-10-4-3-5-11-21)17-8-19-33-27(34)23-15-6-13-22-14-7-16-24(26(22)23)28(33)35/h2-7,9-16H,1,8,17-20H2/b12-9+. The summed E-state index contributed by atoms with van der Waals surface area (Å²) in [4.78, 5) is 27.6. The third-order valence-corrected chi connectivity index (χ3v) is 7.08. The summed E-state index contributed by atoms with van der Waals surface area (Å²) in [5.41, 5.74) is 2.33. The van der Waals surface area contributed by atoms with Gasteiger partial charge in [0, 0.05) is 41.8 Å². The largest absolute Gasteiger partial charge is 0.302 e. The minimum Gasteiger partial charge on any atom is -0.302 e. The Bertz CT molecular complexity index is 1410. The predicted molar refractivity (Wildman–Crippen MR) is 144 cm³/mol. The van der Waals surface area contributed by atoms with Crippen LogP contribution in [-0.2, 0) is 13.0 Å². The Morgan fingerprint density at radius 3 is 2.31 bits per heavy atom. The molecule has 1 aliphatic rings. The van der Waals surface area contributed by atoms with E-state index >= 15 is 0 Å². The maximum absolute atomic E-state index is 13.1. The van der Waals surface area contributed by atoms with Crippen LogP contribution in [0.5, 0.6) is 0 Å². The highest BCUT2D eigenvalue weighted by Gasteiger charge is 2.32. The van der Waals surface area contributed by atoms with Crippen LogP contribution in [0, 0.1) is 0 Å². The number of allylic oxidation sites excluding steroid dienone is 1. The van der Waals surface area contributed by atoms with Crippen LogP contribution in [0.15, 0.2) is 90.6 Å². The van der Waals surface area contributed by atoms with Crippen molar-refractivity contribution in [2.45, 2.75) is 24.5 Å². The summed E-state index contributed by atoms with van der Waals surface area (Å²) in [6.07, 6.45) is 7.23. The van der Waals surface area contributed by atoms with Gasteiger partial charge in [0.15, 0.2) is 5.16 Å². The van der Waals surface area contributed by atoms with Crippen molar-refractivity contribution in [3.63, 3.8) is 0 Å². The summed E-state index contributed by atoms with van der Waals surface area (Å²) in [6, 6.07) is 21.3. The van der Waals surface area contributed by atoms with Crippen LogP contribution in [-0.4, -0.2) is 43.8 Å². The summed E-state index contributed by atoms with van der Waals surface area (Å²) >= 11 is 1.61. The lowest BCUT2D eigenvalue weighted by Gasteiger charge is -2.27. The van der Waals surface area contributed by atoms with Crippen LogP contribution >= 0.6 is 11.8 Å². The molecule has 4 aromatic rings. The molecule has 0 fully saturated rings. The van der Waals surface area contributed by atoms with E-state index in [-0.39, 0.29) is 11.8 Å². The fraction of sp³-hybridized carbons (Fsp3) is 0.172. The molecule has 2 amide bonds. The average molecular weight is 495 g/mol. The van der Waals surface area contributed by atoms with E-state index in [0.29, 0.717) is 37.1 Å². The number of amides is 2. The van der Waals surface area contributed by atoms with E-state index in [4.69, 9.17) is 0 Å². The summed E-state index contributed by atoms with van der Waals surface area (Å²) in [5, 5.41) is 11.3. The Morgan fingerprint density at radius 2 is 1.61 bits per heavy atom. The highest BCUT2D eigenvalue weighted by molar-refractivity contribution is 7.99. The van der Waals surface area contributed by atoms with E-state index in [1.807, 2.05) is 53.1 Å². The number of nitrogens with zero attached hydrogens (tertiary/aromatic N) is 4. The van der Waals surface area contributed by atoms with Gasteiger partial charge in [0.05, 0.1) is 0 Å². The molecule has 6 nitrogen and oxygen atoms in total. The maximum Gasteiger partial charge on any atom is 0.261 e. The van der Waals surface area contributed by atoms with Crippen molar-refractivity contribution in [3.8, 4) is 0 Å². The number of aromatic nitrogens is 3. The van der Waals surface area contributed by atoms with E-state index in [2.05, 4.69) is 41.1 Å². The number of hydrogen-bond donors (Lipinski definition) is 0. The number of carbonyl (C=O) groups excluding carboxylic acids is 2. The van der Waals surface area contributed by atoms with Gasteiger partial charge in [-0.3, -0.25) is 14.5 Å². The number of imide groups is 1. The first-order chi connectivity index (χ1) is 17.7. The predicted octanol–water partition coefficient (Wildman–Crippen LogP) is 5.65. The van der Waals surface area contributed by atoms with Gasteiger partial charge in [-0.2, -0.15) is 0 Å². The van der Waals surface area contributed by atoms with Gasteiger partial charge in [0.25, 0.3) is 11.8 Å². The van der Waals surface area contributed by atoms with Crippen molar-refractivity contribution in [3.05, 3.63) is 108 Å². The van der Waals surface area contributed by atoms with Crippen molar-refractivity contribution < 1.29 is 9.59 Å². The smallest absolute Gasteiger partial charge is 0.261 e. The van der Waals surface area contributed by atoms with Crippen LogP contribution in [0.3, 0.4) is 0 Å². The molecule has 1 aliphatic heterocycles. The van der Waals surface area contributed by atoms with Gasteiger partial charge in [0.2, 0.25) is 0 Å². The first-order valence-electron chi connectivity index (χ1n) is 11.9. The lowest BCUT2D eigenvalue weighted by Crippen LogP contribution is -2.41. The fourth-order valence-electron chi connectivity index (χ4n) is 4.47. The molecule has 36 heavy (non-hydrogen) atoms. The number of carbonyl (C=O) groups is 2. The van der Waals surface area contributed by atoms with Gasteiger partial charge in [-0.1, -0.05) is 84.6 Å². The Morgan fingerprint density at radius 1 is 0.889 bits per heavy atom. The molecular formula is C29H26N4O2S. The maximum atomic E-state index is 13.1. The molecular weight excluding hydrogens is 468 g/mol. The fourth-order valence-corrected chi connectivity index (χ4v) is 5.25. The molecule has 7 heteroatoms. The monoisotopic (exact) mass is 494 g/mol. The van der Waals surface area contributed by atoms with Gasteiger partial charge in [-0.25, -0.2) is 0 Å². The second-order valence-electron chi connectivity index (χ2n) is 8.50. The molecule has 2 heterocycles. The molecule has 180 valence electrons. The van der Waals surface area contributed by atoms with E-state index < -0.39 is 0 Å². The molecule has 0 radical (unpaired) electrons. The number of rotatable bonds is 10. The quantitative estimate of drug-likeness (QED) is 0.162. The van der Waals surface area contributed by atoms with E-state index in [0.717, 1.165) is 33.1 Å². The molecule has 0 spiro atoms. The summed E-state index contributed by atoms with van der Waals surface area (Å²) < 4.78 is 2.05. The number of benzene rings is 3. The van der Waals surface area contributed by atoms with Gasteiger partial charge in [-0.15, -0.1) is 16.8 Å². The Balaban J connectivity index is 1.24. The third kappa shape index (κ3) is 4.75. The molecule has 0 atom stereocenters. The van der Waals surface area contributed by atoms with Crippen molar-refractivity contribution in [2.24, 2.45) is 0 Å². The molecule has 3 aromatic carbocycles. The minimum atomic E-state index is -0.238. The molecule has 0 bridgehead atoms. The molecule has 5 rings (SSSR count). The minimum absolute atomic E-state index is 0.238. The Hall–Kier alpha value is -3.97. The van der Waals surface area contributed by atoms with Crippen LogP contribution in [0.25, 0.3) is 16.8 Å². The lowest BCUT2D eigenvalue weighted by molar-refractivity contribution is 0.0608. The van der Waals surface area contributed by atoms with Gasteiger partial charge in [-0.05, 0) is 29.5 Å². The van der Waals surface area contributed by atoms with Crippen molar-refractivity contribution in [2.75, 3.05) is 12.3 Å². The van der Waals surface area contributed by atoms with E-state index in [1.165, 1.54) is 4.90 Å². The first-order valence-corrected chi connectivity index (χ1v) is 12.9. The third-order valence-electron chi connectivity index (χ3n) is 6.16. The van der Waals surface area contributed by atoms with E-state index in [1.54, 1.807) is 23.9 Å². The number of thioether (sulfide) groups is 1. The zero-order valence-corrected chi connectivity index (χ0v) is 20.7. The van der Waals surface area contributed by atoms with E-state index in [9.17, 15) is 9.59 Å². The number of aryl methyl sites for hydroxylation is 1. The molecule has 0 unspecified atom stereocenters. The lowest BCUT2D eigenvalue weighted by atomic mass is 9.94. The van der Waals surface area contributed by atoms with Gasteiger partial charge < -0.3 is 4.57 Å². The summed E-state index contributed by atoms with van der Waals surface area (Å²) in [6.45, 7) is 4.80. The molecule has 0 N–H and O–H groups in total. The second-order valence-corrected chi connectivity index (χ2v) is 9.48. The molecule has 0 aliphatic carbocycles. The summed E-state index contributed by atoms with van der Waals surface area (Å²) in [7, 11) is 0. The highest BCUT2D eigenvalue weighted by atomic mass is 32.2. The summed E-state index contributed by atoms with van der Waals surface area (Å²) in [5.74, 6) is 1.12. The zero-order valence-electron chi connectivity index (χ0n) is 19.8. The van der Waals surface area contributed by atoms with Crippen LogP contribution < -0.4 is 0 Å². The second kappa shape index (κ2) is 10.7. The number of hydrogen-bond acceptors (Lipinski definition) is 5. The normalized spacial score (nSPS) is 13.2. The first kappa shape index (κ1) is 23.8. The van der Waals surface area contributed by atoms with Crippen molar-refractivity contribution in [1.82, 2.24) is 19.7 Å². The Labute approximate surface area is 214 Å². The van der Waals surface area contributed by atoms with Gasteiger partial charge >= 0.3 is 0 Å².